The summed E-state index contributed by atoms with van der Waals surface area (Å²) in [7, 11) is 1.25. The van der Waals surface area contributed by atoms with Gasteiger partial charge in [0.2, 0.25) is 0 Å². The molecule has 1 aromatic carbocycles. The van der Waals surface area contributed by atoms with E-state index in [4.69, 9.17) is 0 Å². The Balaban J connectivity index is 2.41. The monoisotopic (exact) mass is 195 g/mol. The molecule has 0 radical (unpaired) electrons. The third-order valence-corrected chi connectivity index (χ3v) is 1.74. The molecule has 0 aliphatic heterocycles. The minimum atomic E-state index is -0.912. The summed E-state index contributed by atoms with van der Waals surface area (Å²) in [5.41, 5.74) is 0.955. The van der Waals surface area contributed by atoms with E-state index in [1.165, 1.54) is 7.11 Å². The Morgan fingerprint density at radius 3 is 2.71 bits per heavy atom. The number of aliphatic hydroxyl groups excluding tert-OH is 1. The van der Waals surface area contributed by atoms with Crippen molar-refractivity contribution in [2.75, 3.05) is 7.11 Å². The maximum Gasteiger partial charge on any atom is 0.408 e. The van der Waals surface area contributed by atoms with Crippen molar-refractivity contribution in [3.05, 3.63) is 35.9 Å². The molecule has 1 unspecified atom stereocenters. The molecule has 1 aromatic rings. The predicted molar refractivity (Wildman–Crippen MR) is 51.7 cm³/mol. The molecule has 0 aromatic heterocycles. The lowest BCUT2D eigenvalue weighted by atomic mass is 10.1. The van der Waals surface area contributed by atoms with Crippen LogP contribution in [0.15, 0.2) is 30.3 Å². The quantitative estimate of drug-likeness (QED) is 0.704. The van der Waals surface area contributed by atoms with Gasteiger partial charge in [0.05, 0.1) is 7.11 Å². The lowest BCUT2D eigenvalue weighted by Crippen LogP contribution is -2.35. The number of amides is 1. The number of alkyl carbamates (subject to hydrolysis) is 1. The van der Waals surface area contributed by atoms with Gasteiger partial charge in [-0.15, -0.1) is 0 Å². The molecule has 14 heavy (non-hydrogen) atoms. The molecule has 4 heteroatoms. The summed E-state index contributed by atoms with van der Waals surface area (Å²) in [6.07, 6.45) is -1.17. The Morgan fingerprint density at radius 1 is 1.50 bits per heavy atom. The minimum absolute atomic E-state index is 0.371. The van der Waals surface area contributed by atoms with Crippen LogP contribution in [-0.4, -0.2) is 24.5 Å². The van der Waals surface area contributed by atoms with Gasteiger partial charge in [-0.3, -0.25) is 5.32 Å². The molecule has 0 spiro atoms. The van der Waals surface area contributed by atoms with Gasteiger partial charge in [-0.25, -0.2) is 4.79 Å². The van der Waals surface area contributed by atoms with Crippen molar-refractivity contribution in [3.63, 3.8) is 0 Å². The number of methoxy groups -OCH3 is 1. The molecule has 1 atom stereocenters. The molecule has 0 saturated heterocycles. The van der Waals surface area contributed by atoms with E-state index in [2.05, 4.69) is 10.1 Å². The smallest absolute Gasteiger partial charge is 0.408 e. The molecule has 0 heterocycles. The van der Waals surface area contributed by atoms with Crippen LogP contribution in [0.4, 0.5) is 4.79 Å². The fraction of sp³-hybridized carbons (Fsp3) is 0.300. The van der Waals surface area contributed by atoms with Crippen LogP contribution in [0.2, 0.25) is 0 Å². The van der Waals surface area contributed by atoms with Crippen molar-refractivity contribution < 1.29 is 14.6 Å². The topological polar surface area (TPSA) is 58.6 Å². The van der Waals surface area contributed by atoms with Crippen molar-refractivity contribution in [2.24, 2.45) is 0 Å². The summed E-state index contributed by atoms with van der Waals surface area (Å²) >= 11 is 0. The highest BCUT2D eigenvalue weighted by Crippen LogP contribution is 2.01. The molecule has 4 nitrogen and oxygen atoms in total. The van der Waals surface area contributed by atoms with Gasteiger partial charge in [0, 0.05) is 6.42 Å². The van der Waals surface area contributed by atoms with E-state index in [0.29, 0.717) is 6.42 Å². The summed E-state index contributed by atoms with van der Waals surface area (Å²) in [5.74, 6) is 0. The number of aliphatic hydroxyl groups is 1. The number of rotatable bonds is 3. The molecule has 76 valence electrons. The van der Waals surface area contributed by atoms with Gasteiger partial charge in [0.1, 0.15) is 6.23 Å². The Kier molecular flexibility index (Phi) is 3.94. The second-order valence-corrected chi connectivity index (χ2v) is 2.84. The van der Waals surface area contributed by atoms with E-state index < -0.39 is 12.3 Å². The average molecular weight is 195 g/mol. The van der Waals surface area contributed by atoms with Crippen LogP contribution in [0.3, 0.4) is 0 Å². The normalized spacial score (nSPS) is 11.9. The number of hydrogen-bond acceptors (Lipinski definition) is 3. The summed E-state index contributed by atoms with van der Waals surface area (Å²) in [5, 5.41) is 11.7. The number of ether oxygens (including phenoxy) is 1. The molecule has 2 N–H and O–H groups in total. The largest absolute Gasteiger partial charge is 0.453 e. The van der Waals surface area contributed by atoms with Crippen LogP contribution in [0.5, 0.6) is 0 Å². The zero-order valence-electron chi connectivity index (χ0n) is 7.93. The second-order valence-electron chi connectivity index (χ2n) is 2.84. The van der Waals surface area contributed by atoms with Crippen LogP contribution >= 0.6 is 0 Å². The molecule has 1 amide bonds. The zero-order chi connectivity index (χ0) is 10.4. The van der Waals surface area contributed by atoms with Gasteiger partial charge in [0.25, 0.3) is 0 Å². The summed E-state index contributed by atoms with van der Waals surface area (Å²) < 4.78 is 4.35. The Hall–Kier alpha value is -1.55. The molecule has 0 bridgehead atoms. The Bertz CT molecular complexity index is 287. The van der Waals surface area contributed by atoms with Gasteiger partial charge >= 0.3 is 6.09 Å². The number of carbonyl (C=O) groups is 1. The summed E-state index contributed by atoms with van der Waals surface area (Å²) in [6, 6.07) is 9.40. The van der Waals surface area contributed by atoms with Crippen molar-refractivity contribution in [3.8, 4) is 0 Å². The summed E-state index contributed by atoms with van der Waals surface area (Å²) in [6.45, 7) is 0. The highest BCUT2D eigenvalue weighted by molar-refractivity contribution is 5.67. The summed E-state index contributed by atoms with van der Waals surface area (Å²) in [4.78, 5) is 10.7. The van der Waals surface area contributed by atoms with E-state index in [0.717, 1.165) is 5.56 Å². The first kappa shape index (κ1) is 10.5. The Labute approximate surface area is 82.5 Å². The van der Waals surface area contributed by atoms with E-state index in [-0.39, 0.29) is 0 Å². The molecule has 0 aliphatic carbocycles. The van der Waals surface area contributed by atoms with Crippen molar-refractivity contribution >= 4 is 6.09 Å². The average Bonchev–Trinajstić information content (AvgIpc) is 2.19. The first-order valence-corrected chi connectivity index (χ1v) is 4.29. The maximum atomic E-state index is 10.7. The molecule has 0 saturated carbocycles. The van der Waals surface area contributed by atoms with Gasteiger partial charge in [-0.2, -0.15) is 0 Å². The SMILES string of the molecule is COC(=O)NC(O)Cc1ccccc1. The number of carbonyl (C=O) groups excluding carboxylic acids is 1. The number of benzene rings is 1. The van der Waals surface area contributed by atoms with E-state index >= 15 is 0 Å². The number of nitrogens with one attached hydrogen (secondary N) is 1. The van der Waals surface area contributed by atoms with Gasteiger partial charge in [-0.1, -0.05) is 30.3 Å². The zero-order valence-corrected chi connectivity index (χ0v) is 7.93. The Morgan fingerprint density at radius 2 is 2.14 bits per heavy atom. The maximum absolute atomic E-state index is 10.7. The van der Waals surface area contributed by atoms with Crippen LogP contribution in [0.25, 0.3) is 0 Å². The van der Waals surface area contributed by atoms with E-state index in [1.54, 1.807) is 0 Å². The van der Waals surface area contributed by atoms with E-state index in [1.807, 2.05) is 30.3 Å². The molecule has 0 aliphatic rings. The predicted octanol–water partition coefficient (Wildman–Crippen LogP) is 0.903. The molecule has 1 rings (SSSR count). The minimum Gasteiger partial charge on any atom is -0.453 e. The van der Waals surface area contributed by atoms with Crippen LogP contribution in [0, 0.1) is 0 Å². The fourth-order valence-electron chi connectivity index (χ4n) is 1.08. The van der Waals surface area contributed by atoms with Gasteiger partial charge in [0.15, 0.2) is 0 Å². The molecular formula is C10H13NO3. The first-order valence-electron chi connectivity index (χ1n) is 4.29. The van der Waals surface area contributed by atoms with Crippen LogP contribution in [-0.2, 0) is 11.2 Å². The molecular weight excluding hydrogens is 182 g/mol. The van der Waals surface area contributed by atoms with Gasteiger partial charge < -0.3 is 9.84 Å². The first-order chi connectivity index (χ1) is 6.72. The second kappa shape index (κ2) is 5.24. The highest BCUT2D eigenvalue weighted by atomic mass is 16.5. The standard InChI is InChI=1S/C10H13NO3/c1-14-10(13)11-9(12)7-8-5-3-2-4-6-8/h2-6,9,12H,7H2,1H3,(H,11,13). The van der Waals surface area contributed by atoms with Gasteiger partial charge in [-0.05, 0) is 5.56 Å². The van der Waals surface area contributed by atoms with Crippen molar-refractivity contribution in [1.82, 2.24) is 5.32 Å². The van der Waals surface area contributed by atoms with Crippen LogP contribution in [0.1, 0.15) is 5.56 Å². The lowest BCUT2D eigenvalue weighted by molar-refractivity contribution is 0.111. The van der Waals surface area contributed by atoms with Crippen molar-refractivity contribution in [1.29, 1.82) is 0 Å². The highest BCUT2D eigenvalue weighted by Gasteiger charge is 2.08. The van der Waals surface area contributed by atoms with Crippen LogP contribution < -0.4 is 5.32 Å². The third-order valence-electron chi connectivity index (χ3n) is 1.74. The lowest BCUT2D eigenvalue weighted by Gasteiger charge is -2.11. The third kappa shape index (κ3) is 3.45. The fourth-order valence-corrected chi connectivity index (χ4v) is 1.08. The van der Waals surface area contributed by atoms with E-state index in [9.17, 15) is 9.90 Å². The molecule has 0 fully saturated rings. The number of hydrogen-bond donors (Lipinski definition) is 2. The van der Waals surface area contributed by atoms with Crippen molar-refractivity contribution in [2.45, 2.75) is 12.6 Å².